The second-order valence-corrected chi connectivity index (χ2v) is 8.56. The molecule has 0 bridgehead atoms. The molecular formula is C24H26BrN3O3. The van der Waals surface area contributed by atoms with Crippen LogP contribution in [0.5, 0.6) is 11.5 Å². The van der Waals surface area contributed by atoms with Gasteiger partial charge in [-0.25, -0.2) is 4.98 Å². The average molecular weight is 484 g/mol. The third-order valence-corrected chi connectivity index (χ3v) is 6.13. The van der Waals surface area contributed by atoms with Gasteiger partial charge in [0.25, 0.3) is 5.56 Å². The SMILES string of the molecule is CCOc1c(C=Nn2c(C3CCCCC3)nc3ccc(Br)cc3c2=O)cccc1OC. The van der Waals surface area contributed by atoms with Gasteiger partial charge >= 0.3 is 0 Å². The maximum absolute atomic E-state index is 13.4. The summed E-state index contributed by atoms with van der Waals surface area (Å²) in [6.07, 6.45) is 7.22. The van der Waals surface area contributed by atoms with Crippen LogP contribution in [0.2, 0.25) is 0 Å². The first-order valence-corrected chi connectivity index (χ1v) is 11.5. The molecule has 162 valence electrons. The fraction of sp³-hybridized carbons (Fsp3) is 0.375. The minimum absolute atomic E-state index is 0.163. The molecule has 0 unspecified atom stereocenters. The number of aromatic nitrogens is 2. The largest absolute Gasteiger partial charge is 0.493 e. The molecule has 0 spiro atoms. The van der Waals surface area contributed by atoms with Crippen molar-refractivity contribution in [3.8, 4) is 11.5 Å². The summed E-state index contributed by atoms with van der Waals surface area (Å²) in [6.45, 7) is 2.42. The lowest BCUT2D eigenvalue weighted by Crippen LogP contribution is -2.25. The fourth-order valence-electron chi connectivity index (χ4n) is 4.12. The first-order chi connectivity index (χ1) is 15.1. The van der Waals surface area contributed by atoms with E-state index in [2.05, 4.69) is 21.0 Å². The van der Waals surface area contributed by atoms with Crippen molar-refractivity contribution in [1.82, 2.24) is 9.66 Å². The molecule has 1 saturated carbocycles. The van der Waals surface area contributed by atoms with Gasteiger partial charge in [0.15, 0.2) is 11.5 Å². The zero-order valence-corrected chi connectivity index (χ0v) is 19.4. The van der Waals surface area contributed by atoms with Crippen LogP contribution in [0.25, 0.3) is 10.9 Å². The molecular weight excluding hydrogens is 458 g/mol. The van der Waals surface area contributed by atoms with E-state index in [0.29, 0.717) is 29.0 Å². The van der Waals surface area contributed by atoms with Crippen LogP contribution in [-0.2, 0) is 0 Å². The quantitative estimate of drug-likeness (QED) is 0.434. The van der Waals surface area contributed by atoms with E-state index in [0.717, 1.165) is 41.5 Å². The zero-order valence-electron chi connectivity index (χ0n) is 17.8. The van der Waals surface area contributed by atoms with E-state index < -0.39 is 0 Å². The number of hydrogen-bond acceptors (Lipinski definition) is 5. The van der Waals surface area contributed by atoms with Gasteiger partial charge < -0.3 is 9.47 Å². The van der Waals surface area contributed by atoms with E-state index in [4.69, 9.17) is 14.5 Å². The maximum Gasteiger partial charge on any atom is 0.282 e. The molecule has 3 aromatic rings. The molecule has 2 aromatic carbocycles. The summed E-state index contributed by atoms with van der Waals surface area (Å²) in [5.41, 5.74) is 1.29. The van der Waals surface area contributed by atoms with Crippen molar-refractivity contribution in [3.05, 3.63) is 62.6 Å². The van der Waals surface area contributed by atoms with Crippen LogP contribution < -0.4 is 15.0 Å². The zero-order chi connectivity index (χ0) is 21.8. The number of para-hydroxylation sites is 1. The molecule has 1 heterocycles. The molecule has 0 N–H and O–H groups in total. The molecule has 6 nitrogen and oxygen atoms in total. The fourth-order valence-corrected chi connectivity index (χ4v) is 4.48. The number of nitrogens with zero attached hydrogens (tertiary/aromatic N) is 3. The third-order valence-electron chi connectivity index (χ3n) is 5.63. The van der Waals surface area contributed by atoms with Crippen molar-refractivity contribution in [1.29, 1.82) is 0 Å². The Kier molecular flexibility index (Phi) is 6.70. The van der Waals surface area contributed by atoms with E-state index in [9.17, 15) is 4.79 Å². The molecule has 31 heavy (non-hydrogen) atoms. The highest BCUT2D eigenvalue weighted by Crippen LogP contribution is 2.33. The lowest BCUT2D eigenvalue weighted by atomic mass is 9.88. The summed E-state index contributed by atoms with van der Waals surface area (Å²) in [7, 11) is 1.61. The Hall–Kier alpha value is -2.67. The van der Waals surface area contributed by atoms with E-state index >= 15 is 0 Å². The van der Waals surface area contributed by atoms with Gasteiger partial charge in [0.2, 0.25) is 0 Å². The molecule has 1 aromatic heterocycles. The summed E-state index contributed by atoms with van der Waals surface area (Å²) in [5, 5.41) is 5.16. The average Bonchev–Trinajstić information content (AvgIpc) is 2.80. The standard InChI is InChI=1S/C24H26BrN3O3/c1-3-31-22-17(10-7-11-21(22)30-2)15-26-28-23(16-8-5-4-6-9-16)27-20-13-12-18(25)14-19(20)24(28)29/h7,10-16H,3-6,8-9H2,1-2H3. The van der Waals surface area contributed by atoms with Crippen LogP contribution in [0.15, 0.2) is 50.8 Å². The van der Waals surface area contributed by atoms with Gasteiger partial charge in [0, 0.05) is 16.0 Å². The third kappa shape index (κ3) is 4.51. The highest BCUT2D eigenvalue weighted by molar-refractivity contribution is 9.10. The topological polar surface area (TPSA) is 65.7 Å². The second-order valence-electron chi connectivity index (χ2n) is 7.64. The molecule has 0 atom stereocenters. The predicted molar refractivity (Wildman–Crippen MR) is 127 cm³/mol. The minimum atomic E-state index is -0.163. The van der Waals surface area contributed by atoms with Crippen LogP contribution in [0.3, 0.4) is 0 Å². The van der Waals surface area contributed by atoms with Crippen LogP contribution in [0.1, 0.15) is 56.3 Å². The van der Waals surface area contributed by atoms with Crippen molar-refractivity contribution >= 4 is 33.0 Å². The number of fused-ring (bicyclic) bond motifs is 1. The summed E-state index contributed by atoms with van der Waals surface area (Å²) in [5.74, 6) is 2.20. The van der Waals surface area contributed by atoms with E-state index in [1.807, 2.05) is 37.3 Å². The first kappa shape index (κ1) is 21.6. The van der Waals surface area contributed by atoms with Gasteiger partial charge in [-0.3, -0.25) is 4.79 Å². The maximum atomic E-state index is 13.4. The van der Waals surface area contributed by atoms with Gasteiger partial charge in [-0.05, 0) is 50.1 Å². The number of halogens is 1. The van der Waals surface area contributed by atoms with E-state index in [-0.39, 0.29) is 11.5 Å². The lowest BCUT2D eigenvalue weighted by Gasteiger charge is -2.22. The van der Waals surface area contributed by atoms with Gasteiger partial charge in [0.1, 0.15) is 5.82 Å². The minimum Gasteiger partial charge on any atom is -0.493 e. The highest BCUT2D eigenvalue weighted by atomic mass is 79.9. The number of ether oxygens (including phenoxy) is 2. The molecule has 1 aliphatic carbocycles. The summed E-state index contributed by atoms with van der Waals surface area (Å²) < 4.78 is 13.5. The highest BCUT2D eigenvalue weighted by Gasteiger charge is 2.22. The van der Waals surface area contributed by atoms with Gasteiger partial charge in [0.05, 0.1) is 30.8 Å². The van der Waals surface area contributed by atoms with Crippen LogP contribution in [-0.4, -0.2) is 29.6 Å². The van der Waals surface area contributed by atoms with Crippen molar-refractivity contribution in [2.45, 2.75) is 44.9 Å². The Bertz CT molecular complexity index is 1170. The molecule has 0 aliphatic heterocycles. The van der Waals surface area contributed by atoms with Crippen molar-refractivity contribution in [2.24, 2.45) is 5.10 Å². The molecule has 4 rings (SSSR count). The number of benzene rings is 2. The number of hydrogen-bond donors (Lipinski definition) is 0. The van der Waals surface area contributed by atoms with Crippen LogP contribution in [0.4, 0.5) is 0 Å². The Morgan fingerprint density at radius 2 is 2.03 bits per heavy atom. The second kappa shape index (κ2) is 9.64. The molecule has 0 saturated heterocycles. The van der Waals surface area contributed by atoms with Crippen molar-refractivity contribution in [3.63, 3.8) is 0 Å². The molecule has 1 aliphatic rings. The summed E-state index contributed by atoms with van der Waals surface area (Å²) >= 11 is 3.46. The van der Waals surface area contributed by atoms with Crippen LogP contribution >= 0.6 is 15.9 Å². The Morgan fingerprint density at radius 1 is 1.23 bits per heavy atom. The van der Waals surface area contributed by atoms with E-state index in [1.165, 1.54) is 11.1 Å². The monoisotopic (exact) mass is 483 g/mol. The Balaban J connectivity index is 1.86. The number of rotatable bonds is 6. The van der Waals surface area contributed by atoms with Gasteiger partial charge in [-0.1, -0.05) is 41.3 Å². The van der Waals surface area contributed by atoms with Crippen LogP contribution in [0, 0.1) is 0 Å². The van der Waals surface area contributed by atoms with Gasteiger partial charge in [-0.2, -0.15) is 9.78 Å². The van der Waals surface area contributed by atoms with Crippen molar-refractivity contribution < 1.29 is 9.47 Å². The smallest absolute Gasteiger partial charge is 0.282 e. The summed E-state index contributed by atoms with van der Waals surface area (Å²) in [6, 6.07) is 11.2. The molecule has 0 radical (unpaired) electrons. The molecule has 7 heteroatoms. The lowest BCUT2D eigenvalue weighted by molar-refractivity contribution is 0.310. The Labute approximate surface area is 190 Å². The first-order valence-electron chi connectivity index (χ1n) is 10.7. The molecule has 0 amide bonds. The number of methoxy groups -OCH3 is 1. The predicted octanol–water partition coefficient (Wildman–Crippen LogP) is 5.50. The van der Waals surface area contributed by atoms with Gasteiger partial charge in [-0.15, -0.1) is 0 Å². The van der Waals surface area contributed by atoms with E-state index in [1.54, 1.807) is 19.4 Å². The summed E-state index contributed by atoms with van der Waals surface area (Å²) in [4.78, 5) is 18.3. The normalized spacial score (nSPS) is 14.9. The Morgan fingerprint density at radius 3 is 2.77 bits per heavy atom. The molecule has 1 fully saturated rings. The van der Waals surface area contributed by atoms with Crippen molar-refractivity contribution in [2.75, 3.05) is 13.7 Å².